The van der Waals surface area contributed by atoms with Gasteiger partial charge >= 0.3 is 7.12 Å². The molecule has 4 heteroatoms. The Morgan fingerprint density at radius 3 is 2.55 bits per heavy atom. The number of fused-ring (bicyclic) bond motifs is 1. The summed E-state index contributed by atoms with van der Waals surface area (Å²) in [6.07, 6.45) is 2.98. The highest BCUT2D eigenvalue weighted by atomic mass is 16.7. The maximum absolute atomic E-state index is 6.19. The van der Waals surface area contributed by atoms with Gasteiger partial charge in [-0.2, -0.15) is 0 Å². The van der Waals surface area contributed by atoms with E-state index in [9.17, 15) is 0 Å². The summed E-state index contributed by atoms with van der Waals surface area (Å²) in [4.78, 5) is 4.39. The van der Waals surface area contributed by atoms with Crippen LogP contribution in [0.4, 0.5) is 0 Å². The van der Waals surface area contributed by atoms with Crippen LogP contribution in [0.15, 0.2) is 36.5 Å². The second kappa shape index (κ2) is 4.56. The third kappa shape index (κ3) is 2.17. The molecule has 0 radical (unpaired) electrons. The Balaban J connectivity index is 1.54. The Morgan fingerprint density at radius 1 is 1.09 bits per heavy atom. The minimum atomic E-state index is -0.238. The molecule has 2 aliphatic rings. The zero-order valence-electron chi connectivity index (χ0n) is 13.7. The van der Waals surface area contributed by atoms with E-state index < -0.39 is 0 Å². The summed E-state index contributed by atoms with van der Waals surface area (Å²) < 4.78 is 12.4. The van der Waals surface area contributed by atoms with Crippen LogP contribution in [0.2, 0.25) is 5.82 Å². The topological polar surface area (TPSA) is 31.4 Å². The van der Waals surface area contributed by atoms with E-state index in [0.29, 0.717) is 11.7 Å². The van der Waals surface area contributed by atoms with Crippen LogP contribution in [-0.4, -0.2) is 23.3 Å². The summed E-state index contributed by atoms with van der Waals surface area (Å²) in [6, 6.07) is 10.7. The van der Waals surface area contributed by atoms with Crippen molar-refractivity contribution in [3.05, 3.63) is 42.1 Å². The van der Waals surface area contributed by atoms with Crippen molar-refractivity contribution in [1.29, 1.82) is 0 Å². The van der Waals surface area contributed by atoms with Crippen LogP contribution in [0.5, 0.6) is 0 Å². The zero-order valence-corrected chi connectivity index (χ0v) is 13.7. The lowest BCUT2D eigenvalue weighted by Crippen LogP contribution is -2.41. The molecule has 2 heterocycles. The highest BCUT2D eigenvalue weighted by Crippen LogP contribution is 2.58. The Morgan fingerprint density at radius 2 is 1.82 bits per heavy atom. The molecule has 0 N–H and O–H groups in total. The quantitative estimate of drug-likeness (QED) is 0.779. The molecule has 3 nitrogen and oxygen atoms in total. The summed E-state index contributed by atoms with van der Waals surface area (Å²) in [5.74, 6) is 1.01. The fourth-order valence-electron chi connectivity index (χ4n) is 3.29. The molecule has 0 unspecified atom stereocenters. The lowest BCUT2D eigenvalue weighted by Gasteiger charge is -2.32. The van der Waals surface area contributed by atoms with E-state index in [2.05, 4.69) is 56.9 Å². The third-order valence-corrected chi connectivity index (χ3v) is 5.52. The van der Waals surface area contributed by atoms with E-state index in [-0.39, 0.29) is 18.3 Å². The van der Waals surface area contributed by atoms with Crippen molar-refractivity contribution in [3.63, 3.8) is 0 Å². The molecule has 1 aliphatic heterocycles. The molecule has 2 fully saturated rings. The molecule has 2 aromatic rings. The van der Waals surface area contributed by atoms with Crippen LogP contribution >= 0.6 is 0 Å². The maximum Gasteiger partial charge on any atom is 0.461 e. The van der Waals surface area contributed by atoms with Gasteiger partial charge in [0.05, 0.1) is 16.7 Å². The fourth-order valence-corrected chi connectivity index (χ4v) is 3.29. The smallest absolute Gasteiger partial charge is 0.403 e. The van der Waals surface area contributed by atoms with Crippen LogP contribution in [0.25, 0.3) is 10.9 Å². The van der Waals surface area contributed by atoms with Gasteiger partial charge < -0.3 is 9.31 Å². The standard InChI is InChI=1S/C18H22BNO2/c1-17(2)18(3,4)22-19(21-17)15-11-14(15)12-7-8-16-13(10-12)6-5-9-20-16/h5-10,14-15H,11H2,1-4H3/t14-,15+/m1/s1. The van der Waals surface area contributed by atoms with Crippen molar-refractivity contribution >= 4 is 18.0 Å². The lowest BCUT2D eigenvalue weighted by atomic mass is 9.79. The Hall–Kier alpha value is -1.39. The summed E-state index contributed by atoms with van der Waals surface area (Å²) in [5, 5.41) is 1.21. The summed E-state index contributed by atoms with van der Waals surface area (Å²) >= 11 is 0. The van der Waals surface area contributed by atoms with Crippen LogP contribution in [-0.2, 0) is 9.31 Å². The van der Waals surface area contributed by atoms with Gasteiger partial charge in [0.1, 0.15) is 0 Å². The first-order valence-electron chi connectivity index (χ1n) is 8.08. The summed E-state index contributed by atoms with van der Waals surface area (Å²) in [6.45, 7) is 8.47. The number of hydrogen-bond acceptors (Lipinski definition) is 3. The highest BCUT2D eigenvalue weighted by molar-refractivity contribution is 6.49. The number of aromatic nitrogens is 1. The Labute approximate surface area is 132 Å². The molecule has 1 aromatic heterocycles. The molecule has 0 bridgehead atoms. The van der Waals surface area contributed by atoms with Gasteiger partial charge in [0.15, 0.2) is 0 Å². The van der Waals surface area contributed by atoms with E-state index in [1.54, 1.807) is 0 Å². The van der Waals surface area contributed by atoms with E-state index in [0.717, 1.165) is 11.9 Å². The molecule has 0 amide bonds. The van der Waals surface area contributed by atoms with Crippen molar-refractivity contribution in [2.45, 2.75) is 57.1 Å². The maximum atomic E-state index is 6.19. The Bertz CT molecular complexity index is 712. The molecule has 2 atom stereocenters. The van der Waals surface area contributed by atoms with Gasteiger partial charge in [-0.25, -0.2) is 0 Å². The monoisotopic (exact) mass is 295 g/mol. The predicted molar refractivity (Wildman–Crippen MR) is 88.9 cm³/mol. The van der Waals surface area contributed by atoms with E-state index in [4.69, 9.17) is 9.31 Å². The van der Waals surface area contributed by atoms with Gasteiger partial charge in [-0.3, -0.25) is 4.98 Å². The average Bonchev–Trinajstić information content (AvgIpc) is 3.22. The minimum Gasteiger partial charge on any atom is -0.403 e. The zero-order chi connectivity index (χ0) is 15.5. The largest absolute Gasteiger partial charge is 0.461 e. The molecule has 0 spiro atoms. The van der Waals surface area contributed by atoms with Gasteiger partial charge in [-0.1, -0.05) is 12.1 Å². The first-order valence-corrected chi connectivity index (χ1v) is 8.08. The average molecular weight is 295 g/mol. The predicted octanol–water partition coefficient (Wildman–Crippen LogP) is 4.18. The van der Waals surface area contributed by atoms with E-state index in [1.165, 1.54) is 10.9 Å². The van der Waals surface area contributed by atoms with Gasteiger partial charge in [0, 0.05) is 17.4 Å². The Kier molecular flexibility index (Phi) is 2.95. The first kappa shape index (κ1) is 14.2. The van der Waals surface area contributed by atoms with Crippen molar-refractivity contribution < 1.29 is 9.31 Å². The van der Waals surface area contributed by atoms with Crippen LogP contribution in [0.3, 0.4) is 0 Å². The first-order chi connectivity index (χ1) is 10.4. The summed E-state index contributed by atoms with van der Waals surface area (Å²) in [5.41, 5.74) is 1.95. The van der Waals surface area contributed by atoms with Crippen LogP contribution in [0, 0.1) is 0 Å². The van der Waals surface area contributed by atoms with Gasteiger partial charge in [-0.05, 0) is 63.8 Å². The molecular formula is C18H22BNO2. The van der Waals surface area contributed by atoms with Crippen molar-refractivity contribution in [3.8, 4) is 0 Å². The SMILES string of the molecule is CC1(C)OB([C@H]2C[C@@H]2c2ccc3ncccc3c2)OC1(C)C. The minimum absolute atomic E-state index is 0.0837. The summed E-state index contributed by atoms with van der Waals surface area (Å²) in [7, 11) is -0.0837. The van der Waals surface area contributed by atoms with Gasteiger partial charge in [-0.15, -0.1) is 0 Å². The molecule has 1 saturated carbocycles. The van der Waals surface area contributed by atoms with E-state index in [1.807, 2.05) is 12.3 Å². The molecule has 114 valence electrons. The normalized spacial score (nSPS) is 29.0. The molecule has 1 aliphatic carbocycles. The molecule has 4 rings (SSSR count). The number of benzene rings is 1. The van der Waals surface area contributed by atoms with Crippen molar-refractivity contribution in [1.82, 2.24) is 4.98 Å². The number of hydrogen-bond donors (Lipinski definition) is 0. The molecule has 1 aromatic carbocycles. The second-order valence-corrected chi connectivity index (χ2v) is 7.59. The third-order valence-electron chi connectivity index (χ3n) is 5.52. The van der Waals surface area contributed by atoms with Crippen LogP contribution in [0.1, 0.15) is 45.6 Å². The molecular weight excluding hydrogens is 273 g/mol. The number of rotatable bonds is 2. The highest BCUT2D eigenvalue weighted by Gasteiger charge is 2.59. The number of pyridine rings is 1. The molecule has 1 saturated heterocycles. The van der Waals surface area contributed by atoms with E-state index >= 15 is 0 Å². The fraction of sp³-hybridized carbons (Fsp3) is 0.500. The lowest BCUT2D eigenvalue weighted by molar-refractivity contribution is 0.00578. The van der Waals surface area contributed by atoms with Gasteiger partial charge in [0.25, 0.3) is 0 Å². The van der Waals surface area contributed by atoms with Gasteiger partial charge in [0.2, 0.25) is 0 Å². The number of nitrogens with zero attached hydrogens (tertiary/aromatic N) is 1. The molecule has 22 heavy (non-hydrogen) atoms. The van der Waals surface area contributed by atoms with Crippen LogP contribution < -0.4 is 0 Å². The second-order valence-electron chi connectivity index (χ2n) is 7.59. The van der Waals surface area contributed by atoms with Crippen molar-refractivity contribution in [2.24, 2.45) is 0 Å². The van der Waals surface area contributed by atoms with Crippen molar-refractivity contribution in [2.75, 3.05) is 0 Å².